The van der Waals surface area contributed by atoms with Crippen LogP contribution in [0, 0.1) is 0 Å². The Kier molecular flexibility index (Phi) is 4.64. The number of likely N-dealkylation sites (N-methyl/N-ethyl adjacent to an activating group) is 1. The van der Waals surface area contributed by atoms with Gasteiger partial charge >= 0.3 is 0 Å². The van der Waals surface area contributed by atoms with E-state index in [0.29, 0.717) is 11.5 Å². The molecule has 1 N–H and O–H groups in total. The van der Waals surface area contributed by atoms with E-state index in [1.54, 1.807) is 0 Å². The summed E-state index contributed by atoms with van der Waals surface area (Å²) < 4.78 is 0. The van der Waals surface area contributed by atoms with Crippen molar-refractivity contribution >= 4 is 0 Å². The van der Waals surface area contributed by atoms with E-state index < -0.39 is 0 Å². The van der Waals surface area contributed by atoms with E-state index >= 15 is 0 Å². The minimum Gasteiger partial charge on any atom is -0.319 e. The summed E-state index contributed by atoms with van der Waals surface area (Å²) >= 11 is 0. The predicted molar refractivity (Wildman–Crippen MR) is 82.5 cm³/mol. The molecule has 106 valence electrons. The van der Waals surface area contributed by atoms with Gasteiger partial charge in [-0.25, -0.2) is 0 Å². The van der Waals surface area contributed by atoms with Crippen LogP contribution < -0.4 is 5.32 Å². The van der Waals surface area contributed by atoms with E-state index in [1.807, 2.05) is 7.05 Å². The zero-order valence-corrected chi connectivity index (χ0v) is 12.9. The van der Waals surface area contributed by atoms with Crippen LogP contribution in [0.2, 0.25) is 0 Å². The fourth-order valence-corrected chi connectivity index (χ4v) is 3.05. The number of rotatable bonds is 5. The molecule has 1 saturated heterocycles. The number of likely N-dealkylation sites (tertiary alicyclic amines) is 1. The van der Waals surface area contributed by atoms with Gasteiger partial charge in [-0.05, 0) is 57.3 Å². The van der Waals surface area contributed by atoms with Crippen LogP contribution in [0.3, 0.4) is 0 Å². The molecule has 0 aromatic heterocycles. The highest BCUT2D eigenvalue weighted by molar-refractivity contribution is 5.25. The molecular formula is C17H28N2. The average Bonchev–Trinajstić information content (AvgIpc) is 2.70. The van der Waals surface area contributed by atoms with Gasteiger partial charge in [0.05, 0.1) is 0 Å². The molecule has 0 bridgehead atoms. The quantitative estimate of drug-likeness (QED) is 0.873. The van der Waals surface area contributed by atoms with Gasteiger partial charge in [-0.2, -0.15) is 0 Å². The maximum Gasteiger partial charge on any atom is 0.0239 e. The van der Waals surface area contributed by atoms with Crippen LogP contribution in [-0.4, -0.2) is 30.6 Å². The van der Waals surface area contributed by atoms with Gasteiger partial charge in [0.1, 0.15) is 0 Å². The Balaban J connectivity index is 1.99. The number of benzene rings is 1. The van der Waals surface area contributed by atoms with Crippen molar-refractivity contribution in [2.75, 3.05) is 20.1 Å². The maximum absolute atomic E-state index is 3.24. The molecule has 0 saturated carbocycles. The summed E-state index contributed by atoms with van der Waals surface area (Å²) in [7, 11) is 2.01. The van der Waals surface area contributed by atoms with Crippen molar-refractivity contribution in [2.24, 2.45) is 0 Å². The lowest BCUT2D eigenvalue weighted by molar-refractivity contribution is 0.166. The van der Waals surface area contributed by atoms with Crippen LogP contribution in [0.5, 0.6) is 0 Å². The van der Waals surface area contributed by atoms with Crippen molar-refractivity contribution in [3.63, 3.8) is 0 Å². The van der Waals surface area contributed by atoms with Crippen molar-refractivity contribution in [1.82, 2.24) is 10.2 Å². The summed E-state index contributed by atoms with van der Waals surface area (Å²) in [6.45, 7) is 10.4. The highest BCUT2D eigenvalue weighted by Gasteiger charge is 2.31. The fraction of sp³-hybridized carbons (Fsp3) is 0.647. The number of hydrogen-bond donors (Lipinski definition) is 1. The molecule has 1 heterocycles. The Labute approximate surface area is 118 Å². The van der Waals surface area contributed by atoms with E-state index in [1.165, 1.54) is 30.5 Å². The maximum atomic E-state index is 3.24. The van der Waals surface area contributed by atoms with Crippen molar-refractivity contribution in [2.45, 2.75) is 51.6 Å². The van der Waals surface area contributed by atoms with E-state index in [2.05, 4.69) is 55.3 Å². The lowest BCUT2D eigenvalue weighted by atomic mass is 9.98. The Hall–Kier alpha value is -0.860. The summed E-state index contributed by atoms with van der Waals surface area (Å²) in [5.41, 5.74) is 3.24. The Morgan fingerprint density at radius 3 is 2.47 bits per heavy atom. The van der Waals surface area contributed by atoms with Crippen LogP contribution in [-0.2, 0) is 6.54 Å². The molecule has 1 unspecified atom stereocenters. The standard InChI is InChI=1S/C17H28N2/c1-14(12-18-4)16-8-6-15(7-9-16)13-19-11-5-10-17(19,2)3/h6-9,14,18H,5,10-13H2,1-4H3. The molecule has 0 amide bonds. The molecule has 1 aliphatic heterocycles. The van der Waals surface area contributed by atoms with Crippen molar-refractivity contribution in [3.8, 4) is 0 Å². The smallest absolute Gasteiger partial charge is 0.0239 e. The van der Waals surface area contributed by atoms with Gasteiger partial charge in [0.25, 0.3) is 0 Å². The number of hydrogen-bond acceptors (Lipinski definition) is 2. The van der Waals surface area contributed by atoms with Gasteiger partial charge in [0.2, 0.25) is 0 Å². The molecule has 0 aliphatic carbocycles. The first-order valence-electron chi connectivity index (χ1n) is 7.51. The minimum atomic E-state index is 0.373. The summed E-state index contributed by atoms with van der Waals surface area (Å²) in [5.74, 6) is 0.585. The second kappa shape index (κ2) is 6.06. The van der Waals surface area contributed by atoms with E-state index in [9.17, 15) is 0 Å². The van der Waals surface area contributed by atoms with Crippen LogP contribution in [0.1, 0.15) is 50.7 Å². The van der Waals surface area contributed by atoms with E-state index in [4.69, 9.17) is 0 Å². The molecule has 2 heteroatoms. The third kappa shape index (κ3) is 3.58. The second-order valence-corrected chi connectivity index (χ2v) is 6.54. The summed E-state index contributed by atoms with van der Waals surface area (Å²) in [4.78, 5) is 2.61. The fourth-order valence-electron chi connectivity index (χ4n) is 3.05. The molecule has 1 atom stereocenters. The van der Waals surface area contributed by atoms with Gasteiger partial charge < -0.3 is 5.32 Å². The van der Waals surface area contributed by atoms with Gasteiger partial charge in [-0.3, -0.25) is 4.90 Å². The monoisotopic (exact) mass is 260 g/mol. The summed E-state index contributed by atoms with van der Waals surface area (Å²) in [6, 6.07) is 9.19. The van der Waals surface area contributed by atoms with E-state index in [-0.39, 0.29) is 0 Å². The molecule has 2 nitrogen and oxygen atoms in total. The molecule has 1 aromatic carbocycles. The molecule has 1 aliphatic rings. The molecule has 19 heavy (non-hydrogen) atoms. The van der Waals surface area contributed by atoms with Gasteiger partial charge in [0, 0.05) is 18.6 Å². The minimum absolute atomic E-state index is 0.373. The summed E-state index contributed by atoms with van der Waals surface area (Å²) in [6.07, 6.45) is 2.66. The highest BCUT2D eigenvalue weighted by Crippen LogP contribution is 2.29. The van der Waals surface area contributed by atoms with Crippen LogP contribution in [0.25, 0.3) is 0 Å². The Morgan fingerprint density at radius 2 is 1.95 bits per heavy atom. The second-order valence-electron chi connectivity index (χ2n) is 6.54. The molecular weight excluding hydrogens is 232 g/mol. The van der Waals surface area contributed by atoms with Crippen molar-refractivity contribution < 1.29 is 0 Å². The molecule has 0 spiro atoms. The third-order valence-corrected chi connectivity index (χ3v) is 4.51. The average molecular weight is 260 g/mol. The topological polar surface area (TPSA) is 15.3 Å². The normalized spacial score (nSPS) is 20.6. The SMILES string of the molecule is CNCC(C)c1ccc(CN2CCCC2(C)C)cc1. The van der Waals surface area contributed by atoms with Gasteiger partial charge in [0.15, 0.2) is 0 Å². The van der Waals surface area contributed by atoms with E-state index in [0.717, 1.165) is 13.1 Å². The Bertz CT molecular complexity index is 394. The van der Waals surface area contributed by atoms with Gasteiger partial charge in [-0.15, -0.1) is 0 Å². The largest absolute Gasteiger partial charge is 0.319 e. The van der Waals surface area contributed by atoms with Crippen LogP contribution in [0.15, 0.2) is 24.3 Å². The zero-order chi connectivity index (χ0) is 13.9. The lowest BCUT2D eigenvalue weighted by Gasteiger charge is -2.31. The Morgan fingerprint density at radius 1 is 1.26 bits per heavy atom. The van der Waals surface area contributed by atoms with Crippen molar-refractivity contribution in [3.05, 3.63) is 35.4 Å². The van der Waals surface area contributed by atoms with Crippen LogP contribution in [0.4, 0.5) is 0 Å². The summed E-state index contributed by atoms with van der Waals surface area (Å²) in [5, 5.41) is 3.24. The molecule has 2 rings (SSSR count). The number of nitrogens with one attached hydrogen (secondary N) is 1. The van der Waals surface area contributed by atoms with Crippen LogP contribution >= 0.6 is 0 Å². The first-order chi connectivity index (χ1) is 9.03. The number of nitrogens with zero attached hydrogens (tertiary/aromatic N) is 1. The third-order valence-electron chi connectivity index (χ3n) is 4.51. The molecule has 0 radical (unpaired) electrons. The molecule has 1 aromatic rings. The predicted octanol–water partition coefficient (Wildman–Crippen LogP) is 3.38. The lowest BCUT2D eigenvalue weighted by Crippen LogP contribution is -2.37. The zero-order valence-electron chi connectivity index (χ0n) is 12.9. The molecule has 1 fully saturated rings. The first kappa shape index (κ1) is 14.5. The van der Waals surface area contributed by atoms with Gasteiger partial charge in [-0.1, -0.05) is 31.2 Å². The van der Waals surface area contributed by atoms with Crippen molar-refractivity contribution in [1.29, 1.82) is 0 Å². The highest BCUT2D eigenvalue weighted by atomic mass is 15.2. The first-order valence-corrected chi connectivity index (χ1v) is 7.51.